The maximum absolute atomic E-state index is 12.3. The molecule has 1 heterocycles. The number of benzene rings is 1. The summed E-state index contributed by atoms with van der Waals surface area (Å²) in [7, 11) is 1.63. The van der Waals surface area contributed by atoms with Gasteiger partial charge in [-0.05, 0) is 37.3 Å². The number of carbonyl (C=O) groups is 1. The van der Waals surface area contributed by atoms with Gasteiger partial charge in [0, 0.05) is 5.92 Å². The molecule has 0 aromatic heterocycles. The number of anilines is 1. The van der Waals surface area contributed by atoms with Crippen LogP contribution in [-0.4, -0.2) is 32.7 Å². The zero-order valence-electron chi connectivity index (χ0n) is 13.4. The first-order valence-electron chi connectivity index (χ1n) is 8.52. The average molecular weight is 303 g/mol. The molecule has 4 nitrogen and oxygen atoms in total. The minimum Gasteiger partial charge on any atom is -0.495 e. The van der Waals surface area contributed by atoms with Gasteiger partial charge in [-0.25, -0.2) is 0 Å². The Hall–Kier alpha value is -1.55. The van der Waals surface area contributed by atoms with Crippen molar-refractivity contribution in [1.29, 1.82) is 0 Å². The number of hydrogen-bond acceptors (Lipinski definition) is 2. The van der Waals surface area contributed by atoms with Crippen molar-refractivity contribution in [3.05, 3.63) is 24.3 Å². The molecule has 4 heteroatoms. The summed E-state index contributed by atoms with van der Waals surface area (Å²) in [6, 6.07) is 7.58. The highest BCUT2D eigenvalue weighted by molar-refractivity contribution is 5.92. The van der Waals surface area contributed by atoms with E-state index in [4.69, 9.17) is 4.74 Å². The topological polar surface area (TPSA) is 42.8 Å². The molecule has 1 saturated carbocycles. The first-order chi connectivity index (χ1) is 10.8. The molecule has 3 atom stereocenters. The second-order valence-corrected chi connectivity index (χ2v) is 6.72. The van der Waals surface area contributed by atoms with Crippen LogP contribution in [0.4, 0.5) is 5.69 Å². The first kappa shape index (κ1) is 15.3. The molecule has 1 aromatic rings. The van der Waals surface area contributed by atoms with Crippen molar-refractivity contribution < 1.29 is 14.4 Å². The van der Waals surface area contributed by atoms with E-state index in [0.29, 0.717) is 6.54 Å². The lowest BCUT2D eigenvalue weighted by atomic mass is 9.75. The highest BCUT2D eigenvalue weighted by Gasteiger charge is 2.34. The molecule has 120 valence electrons. The molecule has 3 rings (SSSR count). The number of carbonyl (C=O) groups excluding carboxylic acids is 1. The molecule has 0 radical (unpaired) electrons. The number of methoxy groups -OCH3 is 1. The van der Waals surface area contributed by atoms with Gasteiger partial charge in [0.05, 0.1) is 25.9 Å². The third-order valence-electron chi connectivity index (χ3n) is 5.28. The molecule has 1 saturated heterocycles. The number of nitrogens with one attached hydrogen (secondary N) is 2. The molecule has 22 heavy (non-hydrogen) atoms. The van der Waals surface area contributed by atoms with Crippen LogP contribution in [0.5, 0.6) is 5.75 Å². The molecule has 2 aliphatic rings. The van der Waals surface area contributed by atoms with Crippen molar-refractivity contribution in [2.45, 2.75) is 32.1 Å². The molecule has 2 N–H and O–H groups in total. The van der Waals surface area contributed by atoms with Crippen LogP contribution in [0.1, 0.15) is 32.1 Å². The zero-order valence-corrected chi connectivity index (χ0v) is 13.4. The SMILES string of the molecule is COc1ccccc1NC(=O)C[NH+]1CC[C@H]2CCCC[C@@H]2C1. The molecule has 1 amide bonds. The van der Waals surface area contributed by atoms with Crippen molar-refractivity contribution >= 4 is 11.6 Å². The summed E-state index contributed by atoms with van der Waals surface area (Å²) in [6.07, 6.45) is 6.85. The van der Waals surface area contributed by atoms with Gasteiger partial charge in [0.1, 0.15) is 5.75 Å². The monoisotopic (exact) mass is 303 g/mol. The summed E-state index contributed by atoms with van der Waals surface area (Å²) in [5, 5.41) is 3.00. The minimum atomic E-state index is 0.0914. The fraction of sp³-hybridized carbons (Fsp3) is 0.611. The van der Waals surface area contributed by atoms with E-state index in [1.54, 1.807) is 7.11 Å². The van der Waals surface area contributed by atoms with Gasteiger partial charge < -0.3 is 15.0 Å². The molecule has 1 unspecified atom stereocenters. The number of para-hydroxylation sites is 2. The Labute approximate surface area is 132 Å². The Morgan fingerprint density at radius 1 is 1.23 bits per heavy atom. The number of piperidine rings is 1. The van der Waals surface area contributed by atoms with Crippen LogP contribution < -0.4 is 15.0 Å². The lowest BCUT2D eigenvalue weighted by Gasteiger charge is -2.38. The van der Waals surface area contributed by atoms with Crippen LogP contribution in [-0.2, 0) is 4.79 Å². The Balaban J connectivity index is 1.53. The largest absolute Gasteiger partial charge is 0.495 e. The van der Waals surface area contributed by atoms with Gasteiger partial charge in [-0.15, -0.1) is 0 Å². The standard InChI is InChI=1S/C18H26N2O2/c1-22-17-9-5-4-8-16(17)19-18(21)13-20-11-10-14-6-2-3-7-15(14)12-20/h4-5,8-9,14-15H,2-3,6-7,10-13H2,1H3,(H,19,21)/p+1/t14-,15-/m1/s1. The third kappa shape index (κ3) is 3.61. The first-order valence-corrected chi connectivity index (χ1v) is 8.52. The van der Waals surface area contributed by atoms with E-state index >= 15 is 0 Å². The van der Waals surface area contributed by atoms with Crippen molar-refractivity contribution in [1.82, 2.24) is 0 Å². The Morgan fingerprint density at radius 2 is 2.00 bits per heavy atom. The quantitative estimate of drug-likeness (QED) is 0.889. The summed E-state index contributed by atoms with van der Waals surface area (Å²) in [4.78, 5) is 13.8. The maximum Gasteiger partial charge on any atom is 0.279 e. The molecule has 1 aliphatic carbocycles. The molecule has 0 bridgehead atoms. The maximum atomic E-state index is 12.3. The molecule has 0 spiro atoms. The number of rotatable bonds is 4. The zero-order chi connectivity index (χ0) is 15.4. The lowest BCUT2D eigenvalue weighted by molar-refractivity contribution is -0.902. The summed E-state index contributed by atoms with van der Waals surface area (Å²) in [5.41, 5.74) is 0.766. The summed E-state index contributed by atoms with van der Waals surface area (Å²) >= 11 is 0. The number of quaternary nitrogens is 1. The molecule has 1 aromatic carbocycles. The summed E-state index contributed by atoms with van der Waals surface area (Å²) in [6.45, 7) is 2.88. The lowest BCUT2D eigenvalue weighted by Crippen LogP contribution is -3.15. The summed E-state index contributed by atoms with van der Waals surface area (Å²) < 4.78 is 5.29. The van der Waals surface area contributed by atoms with Gasteiger partial charge in [-0.3, -0.25) is 4.79 Å². The van der Waals surface area contributed by atoms with Crippen LogP contribution in [0.3, 0.4) is 0 Å². The van der Waals surface area contributed by atoms with Gasteiger partial charge in [0.25, 0.3) is 5.91 Å². The van der Waals surface area contributed by atoms with E-state index in [-0.39, 0.29) is 5.91 Å². The normalized spacial score (nSPS) is 27.8. The fourth-order valence-corrected chi connectivity index (χ4v) is 4.13. The molecular weight excluding hydrogens is 276 g/mol. The van der Waals surface area contributed by atoms with Gasteiger partial charge in [0.2, 0.25) is 0 Å². The van der Waals surface area contributed by atoms with E-state index in [1.165, 1.54) is 43.5 Å². The van der Waals surface area contributed by atoms with Crippen molar-refractivity contribution in [3.63, 3.8) is 0 Å². The second-order valence-electron chi connectivity index (χ2n) is 6.72. The average Bonchev–Trinajstić information content (AvgIpc) is 2.55. The van der Waals surface area contributed by atoms with Crippen LogP contribution >= 0.6 is 0 Å². The van der Waals surface area contributed by atoms with Gasteiger partial charge in [-0.2, -0.15) is 0 Å². The van der Waals surface area contributed by atoms with E-state index in [0.717, 1.165) is 29.8 Å². The Morgan fingerprint density at radius 3 is 2.82 bits per heavy atom. The molecule has 1 aliphatic heterocycles. The number of amides is 1. The van der Waals surface area contributed by atoms with E-state index < -0.39 is 0 Å². The van der Waals surface area contributed by atoms with Crippen molar-refractivity contribution in [2.24, 2.45) is 11.8 Å². The predicted octanol–water partition coefficient (Wildman–Crippen LogP) is 1.73. The number of fused-ring (bicyclic) bond motifs is 1. The summed E-state index contributed by atoms with van der Waals surface area (Å²) in [5.74, 6) is 2.58. The third-order valence-corrected chi connectivity index (χ3v) is 5.28. The molecular formula is C18H27N2O2+. The smallest absolute Gasteiger partial charge is 0.279 e. The van der Waals surface area contributed by atoms with Crippen molar-refractivity contribution in [3.8, 4) is 5.75 Å². The van der Waals surface area contributed by atoms with Crippen LogP contribution in [0.15, 0.2) is 24.3 Å². The number of hydrogen-bond donors (Lipinski definition) is 2. The number of likely N-dealkylation sites (tertiary alicyclic amines) is 1. The van der Waals surface area contributed by atoms with Crippen LogP contribution in [0.25, 0.3) is 0 Å². The van der Waals surface area contributed by atoms with Gasteiger partial charge in [0.15, 0.2) is 6.54 Å². The highest BCUT2D eigenvalue weighted by Crippen LogP contribution is 2.32. The second kappa shape index (κ2) is 7.14. The van der Waals surface area contributed by atoms with E-state index in [9.17, 15) is 4.79 Å². The fourth-order valence-electron chi connectivity index (χ4n) is 4.13. The van der Waals surface area contributed by atoms with E-state index in [1.807, 2.05) is 24.3 Å². The minimum absolute atomic E-state index is 0.0914. The number of ether oxygens (including phenoxy) is 1. The van der Waals surface area contributed by atoms with Crippen molar-refractivity contribution in [2.75, 3.05) is 32.1 Å². The molecule has 2 fully saturated rings. The van der Waals surface area contributed by atoms with E-state index in [2.05, 4.69) is 5.32 Å². The van der Waals surface area contributed by atoms with Crippen LogP contribution in [0, 0.1) is 11.8 Å². The predicted molar refractivity (Wildman–Crippen MR) is 87.3 cm³/mol. The highest BCUT2D eigenvalue weighted by atomic mass is 16.5. The Kier molecular flexibility index (Phi) is 4.98. The Bertz CT molecular complexity index is 518. The van der Waals surface area contributed by atoms with Gasteiger partial charge >= 0.3 is 0 Å². The van der Waals surface area contributed by atoms with Gasteiger partial charge in [-0.1, -0.05) is 25.0 Å². The van der Waals surface area contributed by atoms with Crippen LogP contribution in [0.2, 0.25) is 0 Å².